The molecule has 154 valence electrons. The number of hydrogen-bond acceptors (Lipinski definition) is 7. The fourth-order valence-corrected chi connectivity index (χ4v) is 4.23. The maximum Gasteiger partial charge on any atom is 0.433 e. The molecule has 0 bridgehead atoms. The number of nitro groups is 1. The average Bonchev–Trinajstić information content (AvgIpc) is 3.32. The van der Waals surface area contributed by atoms with Crippen LogP contribution in [0.1, 0.15) is 25.0 Å². The summed E-state index contributed by atoms with van der Waals surface area (Å²) in [5.74, 6) is 0.965. The summed E-state index contributed by atoms with van der Waals surface area (Å²) in [6.07, 6.45) is 5.38. The van der Waals surface area contributed by atoms with Crippen molar-refractivity contribution >= 4 is 47.3 Å². The van der Waals surface area contributed by atoms with Crippen molar-refractivity contribution in [2.75, 3.05) is 25.4 Å². The molecule has 1 fully saturated rings. The van der Waals surface area contributed by atoms with Gasteiger partial charge in [0, 0.05) is 12.3 Å². The van der Waals surface area contributed by atoms with Crippen LogP contribution in [0, 0.1) is 10.1 Å². The van der Waals surface area contributed by atoms with Crippen LogP contribution in [0.4, 0.5) is 5.88 Å². The standard InChI is InChI=1S/C19H21N5O3S.ClH/c25-24(26)18-9-8-15(27-18)14-20-23-17-7-3-2-6-16(17)21-19(23)28-13-12-22-10-4-1-5-11-22;/h2-3,6-9,14H,1,4-5,10-13H2;1H/b20-14-;. The number of likely N-dealkylation sites (tertiary alicyclic amines) is 1. The zero-order valence-electron chi connectivity index (χ0n) is 15.8. The lowest BCUT2D eigenvalue weighted by Gasteiger charge is -2.25. The molecular formula is C19H22ClN5O3S. The largest absolute Gasteiger partial charge is 0.433 e. The van der Waals surface area contributed by atoms with E-state index in [9.17, 15) is 10.1 Å². The maximum atomic E-state index is 10.8. The number of thioether (sulfide) groups is 1. The van der Waals surface area contributed by atoms with Gasteiger partial charge in [-0.2, -0.15) is 5.10 Å². The predicted octanol–water partition coefficient (Wildman–Crippen LogP) is 4.42. The van der Waals surface area contributed by atoms with Crippen LogP contribution in [0.2, 0.25) is 0 Å². The van der Waals surface area contributed by atoms with Gasteiger partial charge in [-0.15, -0.1) is 12.4 Å². The van der Waals surface area contributed by atoms with Crippen molar-refractivity contribution in [1.82, 2.24) is 14.6 Å². The average molecular weight is 436 g/mol. The van der Waals surface area contributed by atoms with Gasteiger partial charge in [0.05, 0.1) is 23.3 Å². The van der Waals surface area contributed by atoms with E-state index in [2.05, 4.69) is 10.0 Å². The molecule has 3 heterocycles. The molecule has 0 aliphatic carbocycles. The van der Waals surface area contributed by atoms with Crippen molar-refractivity contribution in [2.24, 2.45) is 5.10 Å². The zero-order valence-corrected chi connectivity index (χ0v) is 17.4. The minimum Gasteiger partial charge on any atom is -0.400 e. The molecule has 1 saturated heterocycles. The summed E-state index contributed by atoms with van der Waals surface area (Å²) in [6, 6.07) is 10.6. The number of rotatable bonds is 7. The first-order valence-electron chi connectivity index (χ1n) is 9.32. The predicted molar refractivity (Wildman–Crippen MR) is 116 cm³/mol. The maximum absolute atomic E-state index is 10.8. The number of piperidine rings is 1. The Balaban J connectivity index is 0.00000240. The van der Waals surface area contributed by atoms with Gasteiger partial charge in [-0.1, -0.05) is 30.3 Å². The van der Waals surface area contributed by atoms with Crippen LogP contribution in [-0.2, 0) is 0 Å². The monoisotopic (exact) mass is 435 g/mol. The SMILES string of the molecule is Cl.O=[N+]([O-])c1ccc(/C=N\n2c(SCCN3CCCCC3)nc3ccccc32)o1. The van der Waals surface area contributed by atoms with Crippen molar-refractivity contribution in [1.29, 1.82) is 0 Å². The van der Waals surface area contributed by atoms with Crippen LogP contribution in [0.15, 0.2) is 51.1 Å². The molecule has 3 aromatic rings. The second kappa shape index (κ2) is 9.91. The number of aromatic nitrogens is 2. The smallest absolute Gasteiger partial charge is 0.400 e. The number of nitrogens with zero attached hydrogens (tertiary/aromatic N) is 5. The molecule has 1 aliphatic rings. The number of para-hydroxylation sites is 2. The Morgan fingerprint density at radius 1 is 1.21 bits per heavy atom. The number of benzene rings is 1. The first kappa shape index (κ1) is 21.4. The van der Waals surface area contributed by atoms with E-state index in [1.807, 2.05) is 24.3 Å². The molecule has 29 heavy (non-hydrogen) atoms. The highest BCUT2D eigenvalue weighted by Crippen LogP contribution is 2.24. The van der Waals surface area contributed by atoms with E-state index in [4.69, 9.17) is 9.40 Å². The lowest BCUT2D eigenvalue weighted by atomic mass is 10.1. The quantitative estimate of drug-likeness (QED) is 0.236. The van der Waals surface area contributed by atoms with E-state index in [1.165, 1.54) is 50.7 Å². The molecule has 8 nitrogen and oxygen atoms in total. The van der Waals surface area contributed by atoms with Gasteiger partial charge in [0.2, 0.25) is 0 Å². The molecule has 1 aromatic carbocycles. The van der Waals surface area contributed by atoms with Gasteiger partial charge in [0.25, 0.3) is 0 Å². The summed E-state index contributed by atoms with van der Waals surface area (Å²) >= 11 is 1.67. The third-order valence-electron chi connectivity index (χ3n) is 4.69. The van der Waals surface area contributed by atoms with E-state index >= 15 is 0 Å². The van der Waals surface area contributed by atoms with Crippen molar-refractivity contribution in [3.05, 3.63) is 52.3 Å². The summed E-state index contributed by atoms with van der Waals surface area (Å²) in [6.45, 7) is 3.38. The molecule has 2 aromatic heterocycles. The molecule has 0 radical (unpaired) electrons. The molecule has 0 saturated carbocycles. The van der Waals surface area contributed by atoms with Crippen LogP contribution < -0.4 is 0 Å². The van der Waals surface area contributed by atoms with Gasteiger partial charge in [-0.05, 0) is 44.1 Å². The Bertz CT molecular complexity index is 997. The van der Waals surface area contributed by atoms with E-state index in [0.29, 0.717) is 5.76 Å². The van der Waals surface area contributed by atoms with Crippen LogP contribution in [-0.4, -0.2) is 51.1 Å². The Hall–Kier alpha value is -2.36. The van der Waals surface area contributed by atoms with Gasteiger partial charge < -0.3 is 9.32 Å². The van der Waals surface area contributed by atoms with Gasteiger partial charge in [0.15, 0.2) is 10.9 Å². The number of hydrogen-bond donors (Lipinski definition) is 0. The van der Waals surface area contributed by atoms with Crippen molar-refractivity contribution < 1.29 is 9.34 Å². The highest BCUT2D eigenvalue weighted by atomic mass is 35.5. The first-order valence-corrected chi connectivity index (χ1v) is 10.3. The topological polar surface area (TPSA) is 89.7 Å². The third-order valence-corrected chi connectivity index (χ3v) is 5.60. The van der Waals surface area contributed by atoms with E-state index in [-0.39, 0.29) is 18.3 Å². The Morgan fingerprint density at radius 3 is 2.76 bits per heavy atom. The highest BCUT2D eigenvalue weighted by Gasteiger charge is 2.14. The summed E-state index contributed by atoms with van der Waals surface area (Å²) in [4.78, 5) is 17.4. The molecule has 0 N–H and O–H groups in total. The van der Waals surface area contributed by atoms with Crippen LogP contribution in [0.3, 0.4) is 0 Å². The van der Waals surface area contributed by atoms with Crippen molar-refractivity contribution in [2.45, 2.75) is 24.4 Å². The number of halogens is 1. The summed E-state index contributed by atoms with van der Waals surface area (Å²) < 4.78 is 6.93. The normalized spacial score (nSPS) is 15.0. The third kappa shape index (κ3) is 5.17. The fraction of sp³-hybridized carbons (Fsp3) is 0.368. The van der Waals surface area contributed by atoms with Gasteiger partial charge in [-0.3, -0.25) is 10.1 Å². The van der Waals surface area contributed by atoms with Crippen molar-refractivity contribution in [3.8, 4) is 0 Å². The molecule has 0 unspecified atom stereocenters. The molecule has 1 aliphatic heterocycles. The van der Waals surface area contributed by atoms with Gasteiger partial charge >= 0.3 is 5.88 Å². The number of furan rings is 1. The molecule has 0 spiro atoms. The van der Waals surface area contributed by atoms with Gasteiger partial charge in [0.1, 0.15) is 4.92 Å². The van der Waals surface area contributed by atoms with Gasteiger partial charge in [-0.25, -0.2) is 9.66 Å². The summed E-state index contributed by atoms with van der Waals surface area (Å²) in [5.41, 5.74) is 1.76. The van der Waals surface area contributed by atoms with Crippen LogP contribution in [0.5, 0.6) is 0 Å². The number of fused-ring (bicyclic) bond motifs is 1. The molecular weight excluding hydrogens is 414 g/mol. The lowest BCUT2D eigenvalue weighted by Crippen LogP contribution is -2.31. The minimum absolute atomic E-state index is 0. The number of imidazole rings is 1. The van der Waals surface area contributed by atoms with E-state index < -0.39 is 4.92 Å². The van der Waals surface area contributed by atoms with Crippen LogP contribution in [0.25, 0.3) is 11.0 Å². The highest BCUT2D eigenvalue weighted by molar-refractivity contribution is 7.99. The summed E-state index contributed by atoms with van der Waals surface area (Å²) in [5, 5.41) is 16.1. The summed E-state index contributed by atoms with van der Waals surface area (Å²) in [7, 11) is 0. The second-order valence-electron chi connectivity index (χ2n) is 6.62. The minimum atomic E-state index is -0.564. The molecule has 0 atom stereocenters. The van der Waals surface area contributed by atoms with E-state index in [0.717, 1.165) is 28.5 Å². The van der Waals surface area contributed by atoms with Crippen molar-refractivity contribution in [3.63, 3.8) is 0 Å². The van der Waals surface area contributed by atoms with Crippen LogP contribution >= 0.6 is 24.2 Å². The first-order chi connectivity index (χ1) is 13.7. The Morgan fingerprint density at radius 2 is 2.00 bits per heavy atom. The lowest BCUT2D eigenvalue weighted by molar-refractivity contribution is -0.402. The Labute approximate surface area is 178 Å². The zero-order chi connectivity index (χ0) is 19.3. The van der Waals surface area contributed by atoms with E-state index in [1.54, 1.807) is 16.4 Å². The molecule has 10 heteroatoms. The second-order valence-corrected chi connectivity index (χ2v) is 7.69. The Kier molecular flexibility index (Phi) is 7.29. The fourth-order valence-electron chi connectivity index (χ4n) is 3.27. The molecule has 4 rings (SSSR count). The molecule has 0 amide bonds.